The van der Waals surface area contributed by atoms with Gasteiger partial charge < -0.3 is 0 Å². The van der Waals surface area contributed by atoms with Crippen molar-refractivity contribution in [2.45, 2.75) is 46.1 Å². The number of likely N-dealkylation sites (tertiary alicyclic amines) is 1. The van der Waals surface area contributed by atoms with Gasteiger partial charge in [-0.15, -0.1) is 0 Å². The van der Waals surface area contributed by atoms with Crippen LogP contribution in [0.2, 0.25) is 0 Å². The van der Waals surface area contributed by atoms with Crippen LogP contribution in [0.15, 0.2) is 0 Å². The van der Waals surface area contributed by atoms with Crippen LogP contribution in [0.25, 0.3) is 0 Å². The number of Topliss-reactive ketones (excluding diaryl/α,β-unsaturated/α-hetero) is 1. The van der Waals surface area contributed by atoms with E-state index in [-0.39, 0.29) is 23.5 Å². The van der Waals surface area contributed by atoms with E-state index >= 15 is 0 Å². The average molecular weight is 211 g/mol. The Morgan fingerprint density at radius 1 is 1.40 bits per heavy atom. The third kappa shape index (κ3) is 2.43. The molecule has 84 valence electrons. The van der Waals surface area contributed by atoms with Crippen molar-refractivity contribution in [2.75, 3.05) is 0 Å². The normalized spacial score (nSPS) is 20.6. The Kier molecular flexibility index (Phi) is 3.61. The predicted octanol–water partition coefficient (Wildman–Crippen LogP) is 1.14. The highest BCUT2D eigenvalue weighted by Crippen LogP contribution is 2.21. The van der Waals surface area contributed by atoms with Gasteiger partial charge in [-0.1, -0.05) is 13.8 Å². The van der Waals surface area contributed by atoms with Crippen LogP contribution in [0.5, 0.6) is 0 Å². The number of carbonyl (C=O) groups excluding carboxylic acids is 3. The van der Waals surface area contributed by atoms with E-state index in [1.807, 2.05) is 6.92 Å². The topological polar surface area (TPSA) is 54.5 Å². The van der Waals surface area contributed by atoms with Gasteiger partial charge in [0.15, 0.2) is 5.78 Å². The first-order valence-electron chi connectivity index (χ1n) is 5.35. The minimum Gasteiger partial charge on any atom is -0.297 e. The molecule has 15 heavy (non-hydrogen) atoms. The van der Waals surface area contributed by atoms with Crippen LogP contribution in [0.1, 0.15) is 40.0 Å². The Labute approximate surface area is 89.6 Å². The summed E-state index contributed by atoms with van der Waals surface area (Å²) in [7, 11) is 0. The molecular formula is C11H17NO3. The molecule has 0 spiro atoms. The number of amides is 2. The Balaban J connectivity index is 2.80. The second-order valence-electron chi connectivity index (χ2n) is 4.17. The standard InChI is InChI=1S/C11H17NO3/c1-4-9(13)8(3)12-10(14)5-7(2)6-11(12)15/h7-8H,4-6H2,1-3H3. The van der Waals surface area contributed by atoms with E-state index in [4.69, 9.17) is 0 Å². The van der Waals surface area contributed by atoms with Gasteiger partial charge >= 0.3 is 0 Å². The number of piperidine rings is 1. The Hall–Kier alpha value is -1.19. The minimum atomic E-state index is -0.595. The summed E-state index contributed by atoms with van der Waals surface area (Å²) in [4.78, 5) is 35.8. The van der Waals surface area contributed by atoms with Gasteiger partial charge in [-0.25, -0.2) is 0 Å². The van der Waals surface area contributed by atoms with E-state index in [0.29, 0.717) is 19.3 Å². The van der Waals surface area contributed by atoms with E-state index in [1.54, 1.807) is 13.8 Å². The van der Waals surface area contributed by atoms with Crippen LogP contribution in [0.4, 0.5) is 0 Å². The van der Waals surface area contributed by atoms with Crippen molar-refractivity contribution >= 4 is 17.6 Å². The molecule has 0 aromatic rings. The van der Waals surface area contributed by atoms with Crippen LogP contribution in [0.3, 0.4) is 0 Å². The van der Waals surface area contributed by atoms with Gasteiger partial charge in [-0.3, -0.25) is 19.3 Å². The number of hydrogen-bond donors (Lipinski definition) is 0. The highest BCUT2D eigenvalue weighted by molar-refractivity contribution is 6.02. The second-order valence-corrected chi connectivity index (χ2v) is 4.17. The SMILES string of the molecule is CCC(=O)C(C)N1C(=O)CC(C)CC1=O. The molecule has 0 bridgehead atoms. The van der Waals surface area contributed by atoms with Crippen molar-refractivity contribution in [2.24, 2.45) is 5.92 Å². The van der Waals surface area contributed by atoms with Crippen molar-refractivity contribution in [3.8, 4) is 0 Å². The molecule has 0 saturated carbocycles. The molecule has 0 radical (unpaired) electrons. The zero-order valence-electron chi connectivity index (χ0n) is 9.45. The number of rotatable bonds is 3. The molecule has 1 heterocycles. The van der Waals surface area contributed by atoms with Gasteiger partial charge in [0.1, 0.15) is 0 Å². The number of ketones is 1. The summed E-state index contributed by atoms with van der Waals surface area (Å²) in [5, 5.41) is 0. The fourth-order valence-corrected chi connectivity index (χ4v) is 1.88. The first-order valence-corrected chi connectivity index (χ1v) is 5.35. The summed E-state index contributed by atoms with van der Waals surface area (Å²) in [6, 6.07) is -0.595. The zero-order chi connectivity index (χ0) is 11.6. The van der Waals surface area contributed by atoms with Gasteiger partial charge in [0.2, 0.25) is 11.8 Å². The van der Waals surface area contributed by atoms with Gasteiger partial charge in [0.25, 0.3) is 0 Å². The van der Waals surface area contributed by atoms with Crippen LogP contribution < -0.4 is 0 Å². The summed E-state index contributed by atoms with van der Waals surface area (Å²) < 4.78 is 0. The van der Waals surface area contributed by atoms with Gasteiger partial charge in [-0.05, 0) is 12.8 Å². The Bertz CT molecular complexity index is 280. The van der Waals surface area contributed by atoms with Crippen molar-refractivity contribution in [1.29, 1.82) is 0 Å². The van der Waals surface area contributed by atoms with Crippen LogP contribution in [-0.2, 0) is 14.4 Å². The maximum absolute atomic E-state index is 11.6. The number of nitrogens with zero attached hydrogens (tertiary/aromatic N) is 1. The molecule has 1 saturated heterocycles. The Morgan fingerprint density at radius 3 is 2.27 bits per heavy atom. The van der Waals surface area contributed by atoms with Crippen LogP contribution in [-0.4, -0.2) is 28.5 Å². The van der Waals surface area contributed by atoms with Crippen molar-refractivity contribution in [3.63, 3.8) is 0 Å². The molecule has 4 heteroatoms. The molecule has 1 atom stereocenters. The molecule has 0 aromatic heterocycles. The molecule has 2 amide bonds. The third-order valence-corrected chi connectivity index (χ3v) is 2.79. The van der Waals surface area contributed by atoms with Gasteiger partial charge in [0.05, 0.1) is 6.04 Å². The summed E-state index contributed by atoms with van der Waals surface area (Å²) in [6.45, 7) is 5.23. The minimum absolute atomic E-state index is 0.0637. The summed E-state index contributed by atoms with van der Waals surface area (Å²) in [6.07, 6.45) is 1.09. The third-order valence-electron chi connectivity index (χ3n) is 2.79. The van der Waals surface area contributed by atoms with Crippen LogP contribution >= 0.6 is 0 Å². The van der Waals surface area contributed by atoms with Crippen molar-refractivity contribution in [3.05, 3.63) is 0 Å². The molecule has 1 unspecified atom stereocenters. The van der Waals surface area contributed by atoms with E-state index in [0.717, 1.165) is 4.90 Å². The van der Waals surface area contributed by atoms with E-state index in [1.165, 1.54) is 0 Å². The fourth-order valence-electron chi connectivity index (χ4n) is 1.88. The van der Waals surface area contributed by atoms with Crippen molar-refractivity contribution < 1.29 is 14.4 Å². The predicted molar refractivity (Wildman–Crippen MR) is 55.0 cm³/mol. The smallest absolute Gasteiger partial charge is 0.230 e. The maximum Gasteiger partial charge on any atom is 0.230 e. The molecule has 1 fully saturated rings. The largest absolute Gasteiger partial charge is 0.297 e. The molecular weight excluding hydrogens is 194 g/mol. The van der Waals surface area contributed by atoms with Crippen LogP contribution in [0, 0.1) is 5.92 Å². The number of imide groups is 1. The lowest BCUT2D eigenvalue weighted by molar-refractivity contribution is -0.155. The van der Waals surface area contributed by atoms with E-state index in [9.17, 15) is 14.4 Å². The molecule has 0 aromatic carbocycles. The van der Waals surface area contributed by atoms with Gasteiger partial charge in [-0.2, -0.15) is 0 Å². The molecule has 4 nitrogen and oxygen atoms in total. The molecule has 1 aliphatic rings. The molecule has 1 rings (SSSR count). The fraction of sp³-hybridized carbons (Fsp3) is 0.727. The highest BCUT2D eigenvalue weighted by Gasteiger charge is 2.35. The average Bonchev–Trinajstić information content (AvgIpc) is 2.14. The summed E-state index contributed by atoms with van der Waals surface area (Å²) >= 11 is 0. The molecule has 1 aliphatic heterocycles. The Morgan fingerprint density at radius 2 is 1.87 bits per heavy atom. The lowest BCUT2D eigenvalue weighted by Gasteiger charge is -2.32. The number of carbonyl (C=O) groups is 3. The zero-order valence-corrected chi connectivity index (χ0v) is 9.45. The monoisotopic (exact) mass is 211 g/mol. The maximum atomic E-state index is 11.6. The first kappa shape index (κ1) is 11.9. The van der Waals surface area contributed by atoms with Gasteiger partial charge in [0, 0.05) is 19.3 Å². The first-order chi connectivity index (χ1) is 6.97. The quantitative estimate of drug-likeness (QED) is 0.658. The second kappa shape index (κ2) is 4.55. The number of hydrogen-bond acceptors (Lipinski definition) is 3. The highest BCUT2D eigenvalue weighted by atomic mass is 16.2. The van der Waals surface area contributed by atoms with E-state index in [2.05, 4.69) is 0 Å². The lowest BCUT2D eigenvalue weighted by atomic mass is 9.95. The van der Waals surface area contributed by atoms with Crippen molar-refractivity contribution in [1.82, 2.24) is 4.90 Å². The lowest BCUT2D eigenvalue weighted by Crippen LogP contribution is -2.50. The van der Waals surface area contributed by atoms with E-state index < -0.39 is 6.04 Å². The molecule has 0 aliphatic carbocycles. The summed E-state index contributed by atoms with van der Waals surface area (Å²) in [5.74, 6) is -0.391. The summed E-state index contributed by atoms with van der Waals surface area (Å²) in [5.41, 5.74) is 0. The molecule has 0 N–H and O–H groups in total.